The Morgan fingerprint density at radius 1 is 0.906 bits per heavy atom. The number of thiocarbonyl (C=S) groups is 1. The van der Waals surface area contributed by atoms with Crippen molar-refractivity contribution >= 4 is 52.1 Å². The number of hydrogen-bond donors (Lipinski definition) is 3. The normalized spacial score (nSPS) is 10.2. The van der Waals surface area contributed by atoms with Crippen LogP contribution in [0.4, 0.5) is 17.1 Å². The van der Waals surface area contributed by atoms with Crippen molar-refractivity contribution in [3.63, 3.8) is 0 Å². The first-order chi connectivity index (χ1) is 15.6. The summed E-state index contributed by atoms with van der Waals surface area (Å²) in [5, 5.41) is 9.65. The monoisotopic (exact) mass is 467 g/mol. The van der Waals surface area contributed by atoms with E-state index < -0.39 is 0 Å². The van der Waals surface area contributed by atoms with Crippen LogP contribution in [0.5, 0.6) is 11.5 Å². The molecule has 3 aromatic rings. The molecule has 0 aliphatic heterocycles. The fourth-order valence-corrected chi connectivity index (χ4v) is 3.87. The van der Waals surface area contributed by atoms with Gasteiger partial charge in [0.25, 0.3) is 0 Å². The van der Waals surface area contributed by atoms with E-state index in [0.717, 1.165) is 16.3 Å². The number of methoxy groups -OCH3 is 1. The minimum atomic E-state index is -0.103. The van der Waals surface area contributed by atoms with Crippen molar-refractivity contribution in [2.45, 2.75) is 11.8 Å². The molecule has 3 N–H and O–H groups in total. The Morgan fingerprint density at radius 3 is 2.31 bits per heavy atom. The van der Waals surface area contributed by atoms with Gasteiger partial charge in [0.2, 0.25) is 5.91 Å². The summed E-state index contributed by atoms with van der Waals surface area (Å²) >= 11 is 6.86. The number of nitrogens with one attached hydrogen (secondary N) is 3. The van der Waals surface area contributed by atoms with Gasteiger partial charge in [-0.05, 0) is 61.6 Å². The van der Waals surface area contributed by atoms with E-state index in [4.69, 9.17) is 21.7 Å². The molecule has 0 saturated carbocycles. The maximum atomic E-state index is 12.4. The number of anilines is 3. The maximum Gasteiger partial charge on any atom is 0.234 e. The van der Waals surface area contributed by atoms with Crippen LogP contribution in [0.15, 0.2) is 77.7 Å². The molecular weight excluding hydrogens is 442 g/mol. The Kier molecular flexibility index (Phi) is 8.77. The van der Waals surface area contributed by atoms with Gasteiger partial charge in [0, 0.05) is 10.6 Å². The highest BCUT2D eigenvalue weighted by atomic mass is 32.2. The van der Waals surface area contributed by atoms with E-state index in [0.29, 0.717) is 28.9 Å². The molecule has 0 saturated heterocycles. The lowest BCUT2D eigenvalue weighted by molar-refractivity contribution is -0.113. The van der Waals surface area contributed by atoms with Crippen LogP contribution in [-0.4, -0.2) is 30.5 Å². The molecule has 3 rings (SSSR count). The second-order valence-corrected chi connectivity index (χ2v) is 8.03. The standard InChI is InChI=1S/C24H25N3O3S2/c1-3-30-22-14-7-5-12-20(22)26-23(28)16-32-18-10-8-9-17(15-18)25-24(31)27-19-11-4-6-13-21(19)29-2/h4-15H,3,16H2,1-2H3,(H,26,28)(H2,25,27,31). The van der Waals surface area contributed by atoms with E-state index in [2.05, 4.69) is 16.0 Å². The van der Waals surface area contributed by atoms with Crippen LogP contribution in [0.1, 0.15) is 6.92 Å². The third kappa shape index (κ3) is 6.90. The summed E-state index contributed by atoms with van der Waals surface area (Å²) in [5.74, 6) is 1.54. The summed E-state index contributed by atoms with van der Waals surface area (Å²) in [7, 11) is 1.61. The molecule has 0 spiro atoms. The number of ether oxygens (including phenoxy) is 2. The van der Waals surface area contributed by atoms with Crippen molar-refractivity contribution in [1.29, 1.82) is 0 Å². The van der Waals surface area contributed by atoms with Crippen molar-refractivity contribution < 1.29 is 14.3 Å². The maximum absolute atomic E-state index is 12.4. The SMILES string of the molecule is CCOc1ccccc1NC(=O)CSc1cccc(NC(=S)Nc2ccccc2OC)c1. The third-order valence-electron chi connectivity index (χ3n) is 4.28. The Balaban J connectivity index is 1.54. The molecule has 0 aliphatic rings. The van der Waals surface area contributed by atoms with Crippen LogP contribution in [0.2, 0.25) is 0 Å². The summed E-state index contributed by atoms with van der Waals surface area (Å²) in [6.07, 6.45) is 0. The molecule has 166 valence electrons. The molecule has 1 amide bonds. The van der Waals surface area contributed by atoms with Gasteiger partial charge >= 0.3 is 0 Å². The topological polar surface area (TPSA) is 71.6 Å². The quantitative estimate of drug-likeness (QED) is 0.278. The number of carbonyl (C=O) groups excluding carboxylic acids is 1. The van der Waals surface area contributed by atoms with Gasteiger partial charge < -0.3 is 25.4 Å². The number of rotatable bonds is 9. The highest BCUT2D eigenvalue weighted by Crippen LogP contribution is 2.26. The van der Waals surface area contributed by atoms with Crippen LogP contribution in [0, 0.1) is 0 Å². The van der Waals surface area contributed by atoms with Crippen LogP contribution in [-0.2, 0) is 4.79 Å². The van der Waals surface area contributed by atoms with Crippen molar-refractivity contribution in [3.05, 3.63) is 72.8 Å². The predicted octanol–water partition coefficient (Wildman–Crippen LogP) is 5.63. The molecule has 32 heavy (non-hydrogen) atoms. The number of amides is 1. The first kappa shape index (κ1) is 23.4. The molecule has 0 aliphatic carbocycles. The van der Waals surface area contributed by atoms with Gasteiger partial charge in [-0.3, -0.25) is 4.79 Å². The fraction of sp³-hybridized carbons (Fsp3) is 0.167. The van der Waals surface area contributed by atoms with E-state index in [1.54, 1.807) is 7.11 Å². The molecule has 0 unspecified atom stereocenters. The fourth-order valence-electron chi connectivity index (χ4n) is 2.88. The zero-order valence-corrected chi connectivity index (χ0v) is 19.5. The van der Waals surface area contributed by atoms with Gasteiger partial charge in [0.1, 0.15) is 11.5 Å². The lowest BCUT2D eigenvalue weighted by atomic mass is 10.3. The molecule has 6 nitrogen and oxygen atoms in total. The lowest BCUT2D eigenvalue weighted by Gasteiger charge is -2.14. The number of benzene rings is 3. The van der Waals surface area contributed by atoms with Crippen molar-refractivity contribution in [3.8, 4) is 11.5 Å². The summed E-state index contributed by atoms with van der Waals surface area (Å²) in [6.45, 7) is 2.45. The molecule has 0 bridgehead atoms. The molecule has 0 atom stereocenters. The van der Waals surface area contributed by atoms with Gasteiger partial charge in [0.15, 0.2) is 5.11 Å². The van der Waals surface area contributed by atoms with Gasteiger partial charge in [-0.1, -0.05) is 30.3 Å². The average Bonchev–Trinajstić information content (AvgIpc) is 2.80. The Bertz CT molecular complexity index is 1080. The van der Waals surface area contributed by atoms with Crippen molar-refractivity contribution in [1.82, 2.24) is 0 Å². The highest BCUT2D eigenvalue weighted by molar-refractivity contribution is 8.00. The minimum Gasteiger partial charge on any atom is -0.495 e. The van der Waals surface area contributed by atoms with Gasteiger partial charge in [-0.15, -0.1) is 11.8 Å². The summed E-state index contributed by atoms with van der Waals surface area (Å²) in [6, 6.07) is 22.7. The lowest BCUT2D eigenvalue weighted by Crippen LogP contribution is -2.19. The first-order valence-corrected chi connectivity index (χ1v) is 11.4. The van der Waals surface area contributed by atoms with Crippen LogP contribution < -0.4 is 25.4 Å². The second kappa shape index (κ2) is 12.0. The van der Waals surface area contributed by atoms with E-state index >= 15 is 0 Å². The van der Waals surface area contributed by atoms with E-state index in [1.807, 2.05) is 79.7 Å². The molecule has 3 aromatic carbocycles. The predicted molar refractivity (Wildman–Crippen MR) is 136 cm³/mol. The van der Waals surface area contributed by atoms with E-state index in [1.165, 1.54) is 11.8 Å². The molecule has 0 aromatic heterocycles. The van der Waals surface area contributed by atoms with Crippen LogP contribution in [0.3, 0.4) is 0 Å². The number of thioether (sulfide) groups is 1. The molecular formula is C24H25N3O3S2. The summed E-state index contributed by atoms with van der Waals surface area (Å²) in [4.78, 5) is 13.4. The van der Waals surface area contributed by atoms with Crippen molar-refractivity contribution in [2.75, 3.05) is 35.4 Å². The smallest absolute Gasteiger partial charge is 0.234 e. The molecule has 8 heteroatoms. The third-order valence-corrected chi connectivity index (χ3v) is 5.48. The van der Waals surface area contributed by atoms with Gasteiger partial charge in [-0.25, -0.2) is 0 Å². The Labute approximate surface area is 197 Å². The van der Waals surface area contributed by atoms with E-state index in [-0.39, 0.29) is 11.7 Å². The minimum absolute atomic E-state index is 0.103. The zero-order valence-electron chi connectivity index (χ0n) is 17.9. The molecule has 0 radical (unpaired) electrons. The van der Waals surface area contributed by atoms with Gasteiger partial charge in [0.05, 0.1) is 30.8 Å². The Hall–Kier alpha value is -3.23. The first-order valence-electron chi connectivity index (χ1n) is 10.0. The summed E-state index contributed by atoms with van der Waals surface area (Å²) in [5.41, 5.74) is 2.27. The number of hydrogen-bond acceptors (Lipinski definition) is 5. The Morgan fingerprint density at radius 2 is 1.59 bits per heavy atom. The molecule has 0 fully saturated rings. The van der Waals surface area contributed by atoms with Gasteiger partial charge in [-0.2, -0.15) is 0 Å². The van der Waals surface area contributed by atoms with Crippen LogP contribution >= 0.6 is 24.0 Å². The molecule has 0 heterocycles. The number of carbonyl (C=O) groups is 1. The number of para-hydroxylation sites is 4. The zero-order chi connectivity index (χ0) is 22.8. The van der Waals surface area contributed by atoms with Crippen molar-refractivity contribution in [2.24, 2.45) is 0 Å². The summed E-state index contributed by atoms with van der Waals surface area (Å²) < 4.78 is 10.9. The average molecular weight is 468 g/mol. The van der Waals surface area contributed by atoms with Crippen LogP contribution in [0.25, 0.3) is 0 Å². The van der Waals surface area contributed by atoms with E-state index in [9.17, 15) is 4.79 Å². The highest BCUT2D eigenvalue weighted by Gasteiger charge is 2.09. The largest absolute Gasteiger partial charge is 0.495 e. The second-order valence-electron chi connectivity index (χ2n) is 6.57.